The maximum Gasteiger partial charge on any atom is 0.234 e. The molecular weight excluding hydrogens is 395 g/mol. The van der Waals surface area contributed by atoms with Gasteiger partial charge in [-0.1, -0.05) is 30.0 Å². The summed E-state index contributed by atoms with van der Waals surface area (Å²) in [6.07, 6.45) is 3.70. The van der Waals surface area contributed by atoms with E-state index in [2.05, 4.69) is 22.1 Å². The van der Waals surface area contributed by atoms with Gasteiger partial charge in [0.15, 0.2) is 11.0 Å². The van der Waals surface area contributed by atoms with Crippen molar-refractivity contribution in [2.75, 3.05) is 17.3 Å². The second-order valence-electron chi connectivity index (χ2n) is 5.75. The van der Waals surface area contributed by atoms with Crippen LogP contribution in [-0.2, 0) is 11.3 Å². The summed E-state index contributed by atoms with van der Waals surface area (Å²) < 4.78 is 15.0. The summed E-state index contributed by atoms with van der Waals surface area (Å²) in [5, 5.41) is 11.9. The molecule has 0 unspecified atom stereocenters. The van der Waals surface area contributed by atoms with Gasteiger partial charge in [0.1, 0.15) is 5.82 Å². The summed E-state index contributed by atoms with van der Waals surface area (Å²) in [4.78, 5) is 13.4. The van der Waals surface area contributed by atoms with Crippen LogP contribution >= 0.6 is 23.5 Å². The first-order valence-corrected chi connectivity index (χ1v) is 10.7. The lowest BCUT2D eigenvalue weighted by Crippen LogP contribution is -2.15. The van der Waals surface area contributed by atoms with Crippen molar-refractivity contribution in [3.63, 3.8) is 0 Å². The van der Waals surface area contributed by atoms with Crippen LogP contribution in [0, 0.1) is 5.82 Å². The highest BCUT2D eigenvalue weighted by Crippen LogP contribution is 2.26. The minimum absolute atomic E-state index is 0.122. The Morgan fingerprint density at radius 2 is 1.96 bits per heavy atom. The van der Waals surface area contributed by atoms with E-state index in [1.807, 2.05) is 35.1 Å². The van der Waals surface area contributed by atoms with Gasteiger partial charge in [-0.25, -0.2) is 4.39 Å². The van der Waals surface area contributed by atoms with Gasteiger partial charge in [0.05, 0.1) is 11.4 Å². The van der Waals surface area contributed by atoms with Crippen molar-refractivity contribution in [2.45, 2.75) is 16.6 Å². The van der Waals surface area contributed by atoms with Crippen LogP contribution in [-0.4, -0.2) is 32.7 Å². The summed E-state index contributed by atoms with van der Waals surface area (Å²) in [5.41, 5.74) is 1.54. The van der Waals surface area contributed by atoms with Crippen LogP contribution < -0.4 is 5.32 Å². The summed E-state index contributed by atoms with van der Waals surface area (Å²) in [7, 11) is 0. The molecule has 0 spiro atoms. The van der Waals surface area contributed by atoms with Gasteiger partial charge < -0.3 is 5.32 Å². The number of halogens is 1. The van der Waals surface area contributed by atoms with Gasteiger partial charge in [0.2, 0.25) is 5.91 Å². The van der Waals surface area contributed by atoms with Crippen molar-refractivity contribution in [3.8, 4) is 11.4 Å². The van der Waals surface area contributed by atoms with Gasteiger partial charge in [-0.2, -0.15) is 0 Å². The molecule has 0 fully saturated rings. The fourth-order valence-corrected chi connectivity index (χ4v) is 3.87. The number of rotatable bonds is 8. The van der Waals surface area contributed by atoms with Gasteiger partial charge >= 0.3 is 0 Å². The lowest BCUT2D eigenvalue weighted by molar-refractivity contribution is -0.113. The average Bonchev–Trinajstić information content (AvgIpc) is 3.10. The molecule has 0 saturated carbocycles. The summed E-state index contributed by atoms with van der Waals surface area (Å²) >= 11 is 2.87. The fraction of sp³-hybridized carbons (Fsp3) is 0.150. The highest BCUT2D eigenvalue weighted by atomic mass is 32.2. The van der Waals surface area contributed by atoms with Crippen molar-refractivity contribution in [2.24, 2.45) is 0 Å². The Morgan fingerprint density at radius 1 is 1.21 bits per heavy atom. The highest BCUT2D eigenvalue weighted by molar-refractivity contribution is 7.99. The van der Waals surface area contributed by atoms with Crippen LogP contribution in [0.5, 0.6) is 0 Å². The Hall–Kier alpha value is -2.58. The number of nitrogens with one attached hydrogen (secondary N) is 1. The minimum Gasteiger partial charge on any atom is -0.324 e. The third-order valence-electron chi connectivity index (χ3n) is 3.84. The van der Waals surface area contributed by atoms with Crippen LogP contribution in [0.3, 0.4) is 0 Å². The van der Waals surface area contributed by atoms with E-state index in [4.69, 9.17) is 0 Å². The normalized spacial score (nSPS) is 10.6. The molecule has 1 N–H and O–H groups in total. The van der Waals surface area contributed by atoms with Gasteiger partial charge in [0.25, 0.3) is 0 Å². The molecule has 0 aliphatic carbocycles. The maximum absolute atomic E-state index is 13.2. The zero-order valence-electron chi connectivity index (χ0n) is 15.3. The number of aromatic nitrogens is 3. The average molecular weight is 415 g/mol. The zero-order valence-corrected chi connectivity index (χ0v) is 16.9. The molecule has 1 amide bonds. The summed E-state index contributed by atoms with van der Waals surface area (Å²) in [5.74, 6) is 0.371. The monoisotopic (exact) mass is 414 g/mol. The number of thioether (sulfide) groups is 2. The smallest absolute Gasteiger partial charge is 0.234 e. The van der Waals surface area contributed by atoms with E-state index in [1.165, 1.54) is 23.9 Å². The van der Waals surface area contributed by atoms with E-state index in [0.29, 0.717) is 17.5 Å². The molecule has 5 nitrogen and oxygen atoms in total. The van der Waals surface area contributed by atoms with Crippen LogP contribution in [0.1, 0.15) is 0 Å². The van der Waals surface area contributed by atoms with Crippen molar-refractivity contribution < 1.29 is 9.18 Å². The number of amides is 1. The standard InChI is InChI=1S/C20H19FN4OS2/c1-3-12-25-19(14-8-10-15(21)11-9-14)23-24-20(25)28-13-18(26)22-16-6-4-5-7-17(16)27-2/h3-11H,1,12-13H2,2H3,(H,22,26). The Kier molecular flexibility index (Phi) is 6.89. The van der Waals surface area contributed by atoms with Crippen molar-refractivity contribution in [1.82, 2.24) is 14.8 Å². The lowest BCUT2D eigenvalue weighted by Gasteiger charge is -2.10. The third-order valence-corrected chi connectivity index (χ3v) is 5.61. The van der Waals surface area contributed by atoms with Gasteiger partial charge in [-0.15, -0.1) is 28.5 Å². The molecule has 1 aromatic heterocycles. The number of benzene rings is 2. The minimum atomic E-state index is -0.310. The van der Waals surface area contributed by atoms with E-state index >= 15 is 0 Å². The van der Waals surface area contributed by atoms with Crippen LogP contribution in [0.2, 0.25) is 0 Å². The number of para-hydroxylation sites is 1. The molecule has 3 rings (SSSR count). The Balaban J connectivity index is 1.72. The van der Waals surface area contributed by atoms with Crippen LogP contribution in [0.15, 0.2) is 71.2 Å². The first kappa shape index (κ1) is 20.2. The largest absolute Gasteiger partial charge is 0.324 e. The van der Waals surface area contributed by atoms with Crippen LogP contribution in [0.4, 0.5) is 10.1 Å². The second kappa shape index (κ2) is 9.57. The zero-order chi connectivity index (χ0) is 19.9. The number of hydrogen-bond acceptors (Lipinski definition) is 5. The predicted molar refractivity (Wildman–Crippen MR) is 113 cm³/mol. The SMILES string of the molecule is C=CCn1c(SCC(=O)Nc2ccccc2SC)nnc1-c1ccc(F)cc1. The first-order chi connectivity index (χ1) is 13.6. The molecule has 0 aliphatic rings. The van der Waals surface area contributed by atoms with E-state index in [0.717, 1.165) is 16.1 Å². The predicted octanol–water partition coefficient (Wildman–Crippen LogP) is 4.72. The molecular formula is C20H19FN4OS2. The molecule has 0 bridgehead atoms. The summed E-state index contributed by atoms with van der Waals surface area (Å²) in [6.45, 7) is 4.25. The number of carbonyl (C=O) groups is 1. The molecule has 2 aromatic carbocycles. The highest BCUT2D eigenvalue weighted by Gasteiger charge is 2.15. The number of anilines is 1. The molecule has 3 aromatic rings. The van der Waals surface area contributed by atoms with E-state index in [1.54, 1.807) is 30.0 Å². The summed E-state index contributed by atoms with van der Waals surface area (Å²) in [6, 6.07) is 13.7. The van der Waals surface area contributed by atoms with Crippen molar-refractivity contribution >= 4 is 35.1 Å². The molecule has 0 aliphatic heterocycles. The fourth-order valence-electron chi connectivity index (χ4n) is 2.57. The Bertz CT molecular complexity index is 973. The van der Waals surface area contributed by atoms with Crippen molar-refractivity contribution in [1.29, 1.82) is 0 Å². The molecule has 1 heterocycles. The Labute approximate surface area is 171 Å². The quantitative estimate of drug-likeness (QED) is 0.427. The molecule has 0 atom stereocenters. The molecule has 28 heavy (non-hydrogen) atoms. The first-order valence-electron chi connectivity index (χ1n) is 8.48. The van der Waals surface area contributed by atoms with E-state index in [-0.39, 0.29) is 17.5 Å². The molecule has 8 heteroatoms. The molecule has 144 valence electrons. The Morgan fingerprint density at radius 3 is 2.68 bits per heavy atom. The van der Waals surface area contributed by atoms with Crippen LogP contribution in [0.25, 0.3) is 11.4 Å². The third kappa shape index (κ3) is 4.82. The second-order valence-corrected chi connectivity index (χ2v) is 7.54. The lowest BCUT2D eigenvalue weighted by atomic mass is 10.2. The number of hydrogen-bond donors (Lipinski definition) is 1. The number of carbonyl (C=O) groups excluding carboxylic acids is 1. The number of nitrogens with zero attached hydrogens (tertiary/aromatic N) is 3. The molecule has 0 radical (unpaired) electrons. The topological polar surface area (TPSA) is 59.8 Å². The maximum atomic E-state index is 13.2. The van der Waals surface area contributed by atoms with E-state index < -0.39 is 0 Å². The van der Waals surface area contributed by atoms with Gasteiger partial charge in [-0.05, 0) is 42.7 Å². The number of allylic oxidation sites excluding steroid dienone is 1. The van der Waals surface area contributed by atoms with Gasteiger partial charge in [0, 0.05) is 17.0 Å². The van der Waals surface area contributed by atoms with Crippen molar-refractivity contribution in [3.05, 3.63) is 67.0 Å². The van der Waals surface area contributed by atoms with E-state index in [9.17, 15) is 9.18 Å². The molecule has 0 saturated heterocycles. The van der Waals surface area contributed by atoms with Gasteiger partial charge in [-0.3, -0.25) is 9.36 Å².